The number of carbonyl (C=O) groups is 1. The smallest absolute Gasteiger partial charge is 0.220 e. The first-order valence-corrected chi connectivity index (χ1v) is 6.77. The minimum atomic E-state index is -0.164. The second-order valence-electron chi connectivity index (χ2n) is 3.92. The predicted molar refractivity (Wildman–Crippen MR) is 79.3 cm³/mol. The van der Waals surface area contributed by atoms with E-state index in [0.717, 1.165) is 5.56 Å². The maximum absolute atomic E-state index is 11.5. The quantitative estimate of drug-likeness (QED) is 0.598. The van der Waals surface area contributed by atoms with Crippen molar-refractivity contribution in [3.63, 3.8) is 0 Å². The Morgan fingerprint density at radius 1 is 1.35 bits per heavy atom. The van der Waals surface area contributed by atoms with Gasteiger partial charge in [0, 0.05) is 24.9 Å². The van der Waals surface area contributed by atoms with Crippen molar-refractivity contribution in [3.05, 3.63) is 33.8 Å². The normalized spacial score (nSPS) is 11.3. The summed E-state index contributed by atoms with van der Waals surface area (Å²) >= 11 is 11.8. The van der Waals surface area contributed by atoms with Gasteiger partial charge in [-0.15, -0.1) is 0 Å². The Hall–Kier alpha value is -1.30. The third kappa shape index (κ3) is 5.36. The zero-order valence-corrected chi connectivity index (χ0v) is 12.5. The van der Waals surface area contributed by atoms with Crippen LogP contribution >= 0.6 is 23.2 Å². The van der Waals surface area contributed by atoms with E-state index in [1.54, 1.807) is 18.2 Å². The number of carbonyl (C=O) groups excluding carboxylic acids is 1. The maximum atomic E-state index is 11.5. The van der Waals surface area contributed by atoms with Crippen LogP contribution in [0.15, 0.2) is 23.4 Å². The van der Waals surface area contributed by atoms with Crippen LogP contribution in [0.2, 0.25) is 10.0 Å². The maximum Gasteiger partial charge on any atom is 0.220 e. The number of rotatable bonds is 7. The molecule has 0 aromatic heterocycles. The molecule has 0 aliphatic carbocycles. The third-order valence-electron chi connectivity index (χ3n) is 2.48. The molecule has 1 rings (SSSR count). The van der Waals surface area contributed by atoms with Gasteiger partial charge in [-0.3, -0.25) is 4.79 Å². The van der Waals surface area contributed by atoms with Gasteiger partial charge in [0.2, 0.25) is 5.91 Å². The van der Waals surface area contributed by atoms with E-state index in [2.05, 4.69) is 10.5 Å². The lowest BCUT2D eigenvalue weighted by Crippen LogP contribution is -2.26. The first-order chi connectivity index (χ1) is 9.58. The van der Waals surface area contributed by atoms with E-state index in [1.165, 1.54) is 7.11 Å². The highest BCUT2D eigenvalue weighted by atomic mass is 35.5. The van der Waals surface area contributed by atoms with Crippen LogP contribution in [0.25, 0.3) is 0 Å². The molecule has 0 saturated heterocycles. The van der Waals surface area contributed by atoms with E-state index in [9.17, 15) is 4.79 Å². The number of nitrogens with zero attached hydrogens (tertiary/aromatic N) is 1. The third-order valence-corrected chi connectivity index (χ3v) is 3.22. The lowest BCUT2D eigenvalue weighted by Gasteiger charge is -2.07. The largest absolute Gasteiger partial charge is 0.399 e. The van der Waals surface area contributed by atoms with Gasteiger partial charge >= 0.3 is 0 Å². The summed E-state index contributed by atoms with van der Waals surface area (Å²) in [6, 6.07) is 5.10. The summed E-state index contributed by atoms with van der Waals surface area (Å²) in [4.78, 5) is 16.3. The average Bonchev–Trinajstić information content (AvgIpc) is 2.44. The highest BCUT2D eigenvalue weighted by Crippen LogP contribution is 2.23. The van der Waals surface area contributed by atoms with Gasteiger partial charge in [-0.2, -0.15) is 0 Å². The molecule has 0 saturated carbocycles. The fraction of sp³-hybridized carbons (Fsp3) is 0.385. The zero-order chi connectivity index (χ0) is 15.0. The molecule has 0 spiro atoms. The standard InChI is InChI=1S/C13H16Cl2N2O3/c1-20-17-12(4-5-13(19)16-6-7-18)9-2-3-10(14)11(15)8-9/h2-3,8,18H,4-7H2,1H3,(H,16,19). The van der Waals surface area contributed by atoms with Crippen molar-refractivity contribution >= 4 is 34.8 Å². The van der Waals surface area contributed by atoms with Crippen molar-refractivity contribution in [3.8, 4) is 0 Å². The van der Waals surface area contributed by atoms with E-state index < -0.39 is 0 Å². The molecule has 0 atom stereocenters. The van der Waals surface area contributed by atoms with Crippen LogP contribution < -0.4 is 5.32 Å². The molecule has 2 N–H and O–H groups in total. The number of hydrogen-bond acceptors (Lipinski definition) is 4. The van der Waals surface area contributed by atoms with Crippen LogP contribution in [0.3, 0.4) is 0 Å². The second kappa shape index (κ2) is 8.79. The first-order valence-electron chi connectivity index (χ1n) is 6.01. The summed E-state index contributed by atoms with van der Waals surface area (Å²) < 4.78 is 0. The zero-order valence-electron chi connectivity index (χ0n) is 11.0. The number of aliphatic hydroxyl groups excluding tert-OH is 1. The summed E-state index contributed by atoms with van der Waals surface area (Å²) in [5.41, 5.74) is 1.35. The predicted octanol–water partition coefficient (Wildman–Crippen LogP) is 2.23. The Morgan fingerprint density at radius 3 is 2.70 bits per heavy atom. The highest BCUT2D eigenvalue weighted by Gasteiger charge is 2.10. The molecule has 1 aromatic rings. The van der Waals surface area contributed by atoms with Crippen molar-refractivity contribution in [2.75, 3.05) is 20.3 Å². The van der Waals surface area contributed by atoms with Gasteiger partial charge in [-0.1, -0.05) is 34.4 Å². The molecule has 0 heterocycles. The van der Waals surface area contributed by atoms with Gasteiger partial charge in [0.1, 0.15) is 7.11 Å². The Kier molecular flexibility index (Phi) is 7.36. The van der Waals surface area contributed by atoms with Crippen molar-refractivity contribution in [2.24, 2.45) is 5.16 Å². The number of hydrogen-bond donors (Lipinski definition) is 2. The van der Waals surface area contributed by atoms with Crippen molar-refractivity contribution in [2.45, 2.75) is 12.8 Å². The van der Waals surface area contributed by atoms with Crippen LogP contribution in [-0.2, 0) is 9.63 Å². The summed E-state index contributed by atoms with van der Waals surface area (Å²) in [6.07, 6.45) is 0.630. The van der Waals surface area contributed by atoms with Crippen molar-refractivity contribution < 1.29 is 14.7 Å². The number of nitrogens with one attached hydrogen (secondary N) is 1. The molecule has 1 aromatic carbocycles. The van der Waals surface area contributed by atoms with E-state index >= 15 is 0 Å². The average molecular weight is 319 g/mol. The summed E-state index contributed by atoms with van der Waals surface area (Å²) in [6.45, 7) is 0.153. The molecule has 5 nitrogen and oxygen atoms in total. The summed E-state index contributed by atoms with van der Waals surface area (Å²) in [5.74, 6) is -0.164. The van der Waals surface area contributed by atoms with E-state index in [4.69, 9.17) is 33.1 Å². The number of amides is 1. The number of oxime groups is 1. The Balaban J connectivity index is 2.72. The van der Waals surface area contributed by atoms with E-state index in [0.29, 0.717) is 22.2 Å². The van der Waals surface area contributed by atoms with Gasteiger partial charge in [0.15, 0.2) is 0 Å². The summed E-state index contributed by atoms with van der Waals surface area (Å²) in [7, 11) is 1.43. The molecular weight excluding hydrogens is 303 g/mol. The fourth-order valence-electron chi connectivity index (χ4n) is 1.54. The number of aliphatic hydroxyl groups is 1. The van der Waals surface area contributed by atoms with Crippen molar-refractivity contribution in [1.82, 2.24) is 5.32 Å². The van der Waals surface area contributed by atoms with Crippen LogP contribution in [0.4, 0.5) is 0 Å². The number of halogens is 2. The molecule has 0 radical (unpaired) electrons. The lowest BCUT2D eigenvalue weighted by atomic mass is 10.1. The Bertz CT molecular complexity index is 493. The van der Waals surface area contributed by atoms with Gasteiger partial charge < -0.3 is 15.3 Å². The molecule has 20 heavy (non-hydrogen) atoms. The van der Waals surface area contributed by atoms with Crippen LogP contribution in [-0.4, -0.2) is 37.0 Å². The van der Waals surface area contributed by atoms with E-state index in [-0.39, 0.29) is 25.5 Å². The SMILES string of the molecule is CON=C(CCC(=O)NCCO)c1ccc(Cl)c(Cl)c1. The molecule has 110 valence electrons. The second-order valence-corrected chi connectivity index (χ2v) is 4.74. The molecule has 0 unspecified atom stereocenters. The molecular formula is C13H16Cl2N2O3. The topological polar surface area (TPSA) is 70.9 Å². The molecule has 7 heteroatoms. The van der Waals surface area contributed by atoms with Crippen LogP contribution in [0.5, 0.6) is 0 Å². The van der Waals surface area contributed by atoms with Gasteiger partial charge in [-0.25, -0.2) is 0 Å². The monoisotopic (exact) mass is 318 g/mol. The highest BCUT2D eigenvalue weighted by molar-refractivity contribution is 6.42. The molecule has 0 fully saturated rings. The lowest BCUT2D eigenvalue weighted by molar-refractivity contribution is -0.121. The summed E-state index contributed by atoms with van der Waals surface area (Å²) in [5, 5.41) is 16.0. The van der Waals surface area contributed by atoms with Crippen molar-refractivity contribution in [1.29, 1.82) is 0 Å². The van der Waals surface area contributed by atoms with Crippen LogP contribution in [0.1, 0.15) is 18.4 Å². The van der Waals surface area contributed by atoms with Gasteiger partial charge in [0.25, 0.3) is 0 Å². The van der Waals surface area contributed by atoms with Gasteiger partial charge in [0.05, 0.1) is 22.4 Å². The van der Waals surface area contributed by atoms with E-state index in [1.807, 2.05) is 0 Å². The number of benzene rings is 1. The Labute approximate surface area is 127 Å². The molecule has 0 aliphatic heterocycles. The molecule has 1 amide bonds. The van der Waals surface area contributed by atoms with Crippen LogP contribution in [0, 0.1) is 0 Å². The van der Waals surface area contributed by atoms with Gasteiger partial charge in [-0.05, 0) is 12.1 Å². The molecule has 0 aliphatic rings. The Morgan fingerprint density at radius 2 is 2.10 bits per heavy atom. The minimum absolute atomic E-state index is 0.0858. The first kappa shape index (κ1) is 16.8. The minimum Gasteiger partial charge on any atom is -0.399 e. The molecule has 0 bridgehead atoms. The fourth-order valence-corrected chi connectivity index (χ4v) is 1.84.